The molecule has 0 N–H and O–H groups in total. The summed E-state index contributed by atoms with van der Waals surface area (Å²) in [6, 6.07) is 84.6. The zero-order valence-electron chi connectivity index (χ0n) is 32.9. The summed E-state index contributed by atoms with van der Waals surface area (Å²) < 4.78 is 13.9. The highest BCUT2D eigenvalue weighted by Crippen LogP contribution is 2.41. The second-order valence-corrected chi connectivity index (χ2v) is 15.0. The van der Waals surface area contributed by atoms with Crippen molar-refractivity contribution in [3.05, 3.63) is 248 Å². The fourth-order valence-electron chi connectivity index (χ4n) is 8.37. The highest BCUT2D eigenvalue weighted by Gasteiger charge is 2.16. The van der Waals surface area contributed by atoms with E-state index < -0.39 is 0 Å². The third-order valence-electron chi connectivity index (χ3n) is 11.4. The Morgan fingerprint density at radius 3 is 1.00 bits per heavy atom. The van der Waals surface area contributed by atoms with Crippen LogP contribution < -0.4 is 4.90 Å². The van der Waals surface area contributed by atoms with Gasteiger partial charge in [-0.15, -0.1) is 0 Å². The minimum absolute atomic E-state index is 0.237. The second-order valence-electron chi connectivity index (χ2n) is 15.0. The van der Waals surface area contributed by atoms with Gasteiger partial charge in [0, 0.05) is 17.1 Å². The zero-order chi connectivity index (χ0) is 40.3. The predicted molar refractivity (Wildman–Crippen MR) is 251 cm³/mol. The average Bonchev–Trinajstić information content (AvgIpc) is 3.33. The number of benzene rings is 10. The fourth-order valence-corrected chi connectivity index (χ4v) is 8.37. The van der Waals surface area contributed by atoms with E-state index in [1.54, 1.807) is 0 Å². The fraction of sp³-hybridized carbons (Fsp3) is 0. The highest BCUT2D eigenvalue weighted by atomic mass is 19.1. The molecule has 10 rings (SSSR count). The van der Waals surface area contributed by atoms with Crippen molar-refractivity contribution in [2.75, 3.05) is 4.90 Å². The molecule has 1 nitrogen and oxygen atoms in total. The van der Waals surface area contributed by atoms with Crippen molar-refractivity contribution in [3.8, 4) is 66.8 Å². The maximum Gasteiger partial charge on any atom is 0.123 e. The molecule has 60 heavy (non-hydrogen) atoms. The van der Waals surface area contributed by atoms with Crippen LogP contribution in [0.15, 0.2) is 243 Å². The first-order valence-corrected chi connectivity index (χ1v) is 20.4. The first kappa shape index (κ1) is 36.5. The molecule has 0 amide bonds. The molecule has 10 aromatic carbocycles. The molecule has 0 radical (unpaired) electrons. The zero-order valence-corrected chi connectivity index (χ0v) is 32.9. The molecule has 0 saturated carbocycles. The van der Waals surface area contributed by atoms with Gasteiger partial charge >= 0.3 is 0 Å². The number of halogens is 1. The van der Waals surface area contributed by atoms with E-state index in [4.69, 9.17) is 0 Å². The maximum absolute atomic E-state index is 13.9. The normalized spacial score (nSPS) is 11.1. The SMILES string of the molecule is Fc1ccc(-c2cccc3cccc(-c4ccc(N(c5ccc(-c6ccccc6)cc5)c5ccc(-c6ccc(-c7ccccc7-c7ccccc7)cc6)cc5)cc4)c23)cc1. The Morgan fingerprint density at radius 2 is 0.533 bits per heavy atom. The lowest BCUT2D eigenvalue weighted by Gasteiger charge is -2.26. The van der Waals surface area contributed by atoms with E-state index in [1.807, 2.05) is 18.2 Å². The number of anilines is 3. The van der Waals surface area contributed by atoms with Gasteiger partial charge in [-0.1, -0.05) is 194 Å². The van der Waals surface area contributed by atoms with Gasteiger partial charge in [-0.3, -0.25) is 0 Å². The quantitative estimate of drug-likeness (QED) is 0.141. The van der Waals surface area contributed by atoms with Crippen LogP contribution in [0.1, 0.15) is 0 Å². The standard InChI is InChI=1S/C58H40FN/c59-50-33-25-47(26-34-50)56-19-9-15-49-16-10-20-57(58(49)56)48-31-39-53(40-32-48)60(51-35-27-43(28-36-51)41-11-3-1-4-12-41)52-37-29-44(30-38-52)42-21-23-46(24-22-42)55-18-8-7-17-54(55)45-13-5-2-6-14-45/h1-40H. The number of hydrogen-bond acceptors (Lipinski definition) is 1. The van der Waals surface area contributed by atoms with E-state index in [0.29, 0.717) is 0 Å². The van der Waals surface area contributed by atoms with Gasteiger partial charge in [-0.2, -0.15) is 0 Å². The molecule has 0 aliphatic carbocycles. The van der Waals surface area contributed by atoms with Gasteiger partial charge in [-0.05, 0) is 126 Å². The summed E-state index contributed by atoms with van der Waals surface area (Å²) in [5.41, 5.74) is 17.1. The lowest BCUT2D eigenvalue weighted by Crippen LogP contribution is -2.09. The summed E-state index contributed by atoms with van der Waals surface area (Å²) in [5.74, 6) is -0.237. The van der Waals surface area contributed by atoms with Crippen LogP contribution in [-0.2, 0) is 0 Å². The van der Waals surface area contributed by atoms with Crippen LogP contribution in [0, 0.1) is 5.82 Å². The average molecular weight is 770 g/mol. The first-order chi connectivity index (χ1) is 29.7. The van der Waals surface area contributed by atoms with Crippen molar-refractivity contribution < 1.29 is 4.39 Å². The number of nitrogens with zero attached hydrogens (tertiary/aromatic N) is 1. The van der Waals surface area contributed by atoms with E-state index in [9.17, 15) is 4.39 Å². The Hall–Kier alpha value is -7.81. The summed E-state index contributed by atoms with van der Waals surface area (Å²) in [7, 11) is 0. The molecule has 0 heterocycles. The lowest BCUT2D eigenvalue weighted by atomic mass is 9.91. The third-order valence-corrected chi connectivity index (χ3v) is 11.4. The van der Waals surface area contributed by atoms with Crippen molar-refractivity contribution >= 4 is 27.8 Å². The summed E-state index contributed by atoms with van der Waals surface area (Å²) in [5, 5.41) is 2.29. The van der Waals surface area contributed by atoms with E-state index in [-0.39, 0.29) is 5.82 Å². The molecule has 0 aromatic heterocycles. The van der Waals surface area contributed by atoms with Gasteiger partial charge in [0.25, 0.3) is 0 Å². The first-order valence-electron chi connectivity index (χ1n) is 20.4. The van der Waals surface area contributed by atoms with Crippen LogP contribution in [0.5, 0.6) is 0 Å². The van der Waals surface area contributed by atoms with E-state index in [1.165, 1.54) is 51.1 Å². The van der Waals surface area contributed by atoms with Crippen molar-refractivity contribution in [3.63, 3.8) is 0 Å². The lowest BCUT2D eigenvalue weighted by molar-refractivity contribution is 0.628. The molecular weight excluding hydrogens is 730 g/mol. The molecule has 2 heteroatoms. The van der Waals surface area contributed by atoms with Crippen molar-refractivity contribution in [2.24, 2.45) is 0 Å². The molecular formula is C58H40FN. The topological polar surface area (TPSA) is 3.24 Å². The van der Waals surface area contributed by atoms with Crippen LogP contribution in [0.3, 0.4) is 0 Å². The molecule has 0 fully saturated rings. The smallest absolute Gasteiger partial charge is 0.123 e. The molecule has 0 atom stereocenters. The Bertz CT molecular complexity index is 3020. The minimum atomic E-state index is -0.237. The largest absolute Gasteiger partial charge is 0.311 e. The molecule has 0 spiro atoms. The molecule has 0 aliphatic rings. The summed E-state index contributed by atoms with van der Waals surface area (Å²) in [6.07, 6.45) is 0. The summed E-state index contributed by atoms with van der Waals surface area (Å²) in [6.45, 7) is 0. The van der Waals surface area contributed by atoms with Crippen LogP contribution in [0.25, 0.3) is 77.5 Å². The third kappa shape index (κ3) is 7.28. The van der Waals surface area contributed by atoms with E-state index in [0.717, 1.165) is 55.7 Å². The molecule has 10 aromatic rings. The number of rotatable bonds is 9. The van der Waals surface area contributed by atoms with Crippen molar-refractivity contribution in [1.82, 2.24) is 0 Å². The van der Waals surface area contributed by atoms with Crippen LogP contribution in [-0.4, -0.2) is 0 Å². The second kappa shape index (κ2) is 16.2. The minimum Gasteiger partial charge on any atom is -0.311 e. The highest BCUT2D eigenvalue weighted by molar-refractivity contribution is 6.06. The van der Waals surface area contributed by atoms with Gasteiger partial charge < -0.3 is 4.90 Å². The number of hydrogen-bond donors (Lipinski definition) is 0. The molecule has 0 saturated heterocycles. The van der Waals surface area contributed by atoms with Gasteiger partial charge in [0.1, 0.15) is 5.82 Å². The Kier molecular flexibility index (Phi) is 9.87. The molecule has 0 bridgehead atoms. The monoisotopic (exact) mass is 769 g/mol. The number of fused-ring (bicyclic) bond motifs is 1. The maximum atomic E-state index is 13.9. The summed E-state index contributed by atoms with van der Waals surface area (Å²) >= 11 is 0. The van der Waals surface area contributed by atoms with E-state index in [2.05, 4.69) is 217 Å². The van der Waals surface area contributed by atoms with Crippen LogP contribution >= 0.6 is 0 Å². The molecule has 284 valence electrons. The van der Waals surface area contributed by atoms with Crippen LogP contribution in [0.2, 0.25) is 0 Å². The van der Waals surface area contributed by atoms with Crippen molar-refractivity contribution in [2.45, 2.75) is 0 Å². The van der Waals surface area contributed by atoms with Gasteiger partial charge in [-0.25, -0.2) is 4.39 Å². The predicted octanol–water partition coefficient (Wildman–Crippen LogP) is 16.5. The van der Waals surface area contributed by atoms with Gasteiger partial charge in [0.2, 0.25) is 0 Å². The van der Waals surface area contributed by atoms with Crippen molar-refractivity contribution in [1.29, 1.82) is 0 Å². The Balaban J connectivity index is 0.996. The van der Waals surface area contributed by atoms with Gasteiger partial charge in [0.05, 0.1) is 0 Å². The molecule has 0 aliphatic heterocycles. The molecule has 0 unspecified atom stereocenters. The Morgan fingerprint density at radius 1 is 0.233 bits per heavy atom. The van der Waals surface area contributed by atoms with Crippen LogP contribution in [0.4, 0.5) is 21.5 Å². The van der Waals surface area contributed by atoms with Gasteiger partial charge in [0.15, 0.2) is 0 Å². The summed E-state index contributed by atoms with van der Waals surface area (Å²) in [4.78, 5) is 2.32. The Labute approximate surface area is 350 Å². The van der Waals surface area contributed by atoms with E-state index >= 15 is 0 Å².